The van der Waals surface area contributed by atoms with Gasteiger partial charge in [0.25, 0.3) is 15.9 Å². The van der Waals surface area contributed by atoms with Gasteiger partial charge in [0.2, 0.25) is 0 Å². The molecule has 1 saturated heterocycles. The highest BCUT2D eigenvalue weighted by molar-refractivity contribution is 7.92. The molecule has 0 atom stereocenters. The number of amides is 1. The Morgan fingerprint density at radius 3 is 2.24 bits per heavy atom. The van der Waals surface area contributed by atoms with E-state index in [-0.39, 0.29) is 34.0 Å². The van der Waals surface area contributed by atoms with Gasteiger partial charge in [0, 0.05) is 49.3 Å². The summed E-state index contributed by atoms with van der Waals surface area (Å²) in [6.07, 6.45) is 5.10. The number of piperidine rings is 1. The van der Waals surface area contributed by atoms with E-state index in [4.69, 9.17) is 23.2 Å². The Morgan fingerprint density at radius 1 is 0.927 bits per heavy atom. The lowest BCUT2D eigenvalue weighted by molar-refractivity contribution is 0.0709. The number of benzene rings is 3. The van der Waals surface area contributed by atoms with Crippen molar-refractivity contribution in [3.63, 3.8) is 0 Å². The predicted molar refractivity (Wildman–Crippen MR) is 164 cm³/mol. The Kier molecular flexibility index (Phi) is 8.82. The Hall–Kier alpha value is -3.59. The summed E-state index contributed by atoms with van der Waals surface area (Å²) in [4.78, 5) is 21.7. The van der Waals surface area contributed by atoms with Gasteiger partial charge in [-0.15, -0.1) is 0 Å². The van der Waals surface area contributed by atoms with Crippen LogP contribution in [-0.2, 0) is 16.6 Å². The fourth-order valence-corrected chi connectivity index (χ4v) is 6.85. The quantitative estimate of drug-likeness (QED) is 0.227. The van der Waals surface area contributed by atoms with Crippen LogP contribution >= 0.6 is 23.2 Å². The summed E-state index contributed by atoms with van der Waals surface area (Å²) in [6, 6.07) is 24.2. The number of anilines is 2. The molecule has 0 unspecified atom stereocenters. The number of rotatable bonds is 8. The van der Waals surface area contributed by atoms with Crippen molar-refractivity contribution < 1.29 is 13.2 Å². The number of hydrogen-bond acceptors (Lipinski definition) is 5. The largest absolute Gasteiger partial charge is 0.371 e. The molecule has 4 aromatic rings. The number of hydrogen-bond donors (Lipinski definition) is 0. The van der Waals surface area contributed by atoms with E-state index in [1.165, 1.54) is 22.5 Å². The zero-order valence-electron chi connectivity index (χ0n) is 22.5. The van der Waals surface area contributed by atoms with Crippen molar-refractivity contribution in [2.24, 2.45) is 0 Å². The molecule has 10 heteroatoms. The Morgan fingerprint density at radius 2 is 1.59 bits per heavy atom. The minimum absolute atomic E-state index is 0.000522. The lowest BCUT2D eigenvalue weighted by Crippen LogP contribution is -2.45. The maximum atomic E-state index is 14.1. The maximum absolute atomic E-state index is 14.1. The predicted octanol–water partition coefficient (Wildman–Crippen LogP) is 6.52. The third-order valence-electron chi connectivity index (χ3n) is 7.40. The number of aromatic nitrogens is 1. The first kappa shape index (κ1) is 28.9. The van der Waals surface area contributed by atoms with Gasteiger partial charge in [0.1, 0.15) is 0 Å². The van der Waals surface area contributed by atoms with Crippen LogP contribution in [0.5, 0.6) is 0 Å². The van der Waals surface area contributed by atoms with Gasteiger partial charge in [-0.3, -0.25) is 14.1 Å². The molecule has 1 fully saturated rings. The second kappa shape index (κ2) is 12.5. The van der Waals surface area contributed by atoms with Crippen molar-refractivity contribution in [3.05, 3.63) is 118 Å². The molecule has 1 amide bonds. The Bertz CT molecular complexity index is 1600. The highest BCUT2D eigenvalue weighted by atomic mass is 35.5. The van der Waals surface area contributed by atoms with E-state index < -0.39 is 10.0 Å². The van der Waals surface area contributed by atoms with Gasteiger partial charge in [0.05, 0.1) is 27.7 Å². The lowest BCUT2D eigenvalue weighted by atomic mass is 10.0. The lowest BCUT2D eigenvalue weighted by Gasteiger charge is -2.38. The van der Waals surface area contributed by atoms with Gasteiger partial charge in [-0.2, -0.15) is 0 Å². The summed E-state index contributed by atoms with van der Waals surface area (Å²) in [7, 11) is -2.33. The second-order valence-corrected chi connectivity index (χ2v) is 12.7. The van der Waals surface area contributed by atoms with Crippen molar-refractivity contribution in [2.75, 3.05) is 29.3 Å². The van der Waals surface area contributed by atoms with Gasteiger partial charge >= 0.3 is 0 Å². The smallest absolute Gasteiger partial charge is 0.264 e. The number of halogens is 2. The number of carbonyl (C=O) groups excluding carboxylic acids is 1. The van der Waals surface area contributed by atoms with Crippen LogP contribution in [0, 0.1) is 0 Å². The topological polar surface area (TPSA) is 73.8 Å². The van der Waals surface area contributed by atoms with E-state index in [1.807, 2.05) is 42.5 Å². The molecule has 0 aliphatic carbocycles. The maximum Gasteiger partial charge on any atom is 0.264 e. The minimum atomic E-state index is -4.08. The molecular weight excluding hydrogens is 579 g/mol. The van der Waals surface area contributed by atoms with Crippen molar-refractivity contribution in [1.82, 2.24) is 9.88 Å². The summed E-state index contributed by atoms with van der Waals surface area (Å²) >= 11 is 12.6. The first-order valence-electron chi connectivity index (χ1n) is 13.3. The van der Waals surface area contributed by atoms with Crippen LogP contribution < -0.4 is 9.21 Å². The summed E-state index contributed by atoms with van der Waals surface area (Å²) in [6.45, 7) is 1.70. The number of sulfonamides is 1. The van der Waals surface area contributed by atoms with E-state index in [1.54, 1.807) is 48.6 Å². The fourth-order valence-electron chi connectivity index (χ4n) is 5.05. The highest BCUT2D eigenvalue weighted by Crippen LogP contribution is 2.31. The van der Waals surface area contributed by atoms with Gasteiger partial charge in [-0.25, -0.2) is 8.42 Å². The monoisotopic (exact) mass is 608 g/mol. The summed E-state index contributed by atoms with van der Waals surface area (Å²) < 4.78 is 29.4. The van der Waals surface area contributed by atoms with Crippen molar-refractivity contribution in [3.8, 4) is 0 Å². The molecule has 1 aliphatic rings. The Labute approximate surface area is 251 Å². The number of pyridine rings is 1. The van der Waals surface area contributed by atoms with Crippen LogP contribution in [0.15, 0.2) is 102 Å². The van der Waals surface area contributed by atoms with Crippen molar-refractivity contribution >= 4 is 50.5 Å². The van der Waals surface area contributed by atoms with E-state index >= 15 is 0 Å². The van der Waals surface area contributed by atoms with E-state index in [0.717, 1.165) is 37.2 Å². The molecule has 3 aromatic carbocycles. The first-order valence-corrected chi connectivity index (χ1v) is 15.5. The molecule has 0 saturated carbocycles. The molecular formula is C31H30Cl2N4O3S. The molecule has 212 valence electrons. The SMILES string of the molecule is CN(C(=O)c1cc(S(=O)(=O)N(Cc2ccccc2)c2ccc(Cl)cc2)ccc1Cl)C1CCN(c2ccncc2)CC1. The van der Waals surface area contributed by atoms with Crippen LogP contribution in [-0.4, -0.2) is 50.4 Å². The molecule has 2 heterocycles. The molecule has 0 bridgehead atoms. The van der Waals surface area contributed by atoms with Gasteiger partial charge in [0.15, 0.2) is 0 Å². The molecule has 1 aliphatic heterocycles. The van der Waals surface area contributed by atoms with E-state index in [9.17, 15) is 13.2 Å². The number of carbonyl (C=O) groups is 1. The van der Waals surface area contributed by atoms with E-state index in [2.05, 4.69) is 9.88 Å². The van der Waals surface area contributed by atoms with Gasteiger partial charge in [-0.05, 0) is 73.0 Å². The first-order chi connectivity index (χ1) is 19.7. The minimum Gasteiger partial charge on any atom is -0.371 e. The number of nitrogens with zero attached hydrogens (tertiary/aromatic N) is 4. The van der Waals surface area contributed by atoms with Gasteiger partial charge < -0.3 is 9.80 Å². The van der Waals surface area contributed by atoms with Crippen molar-refractivity contribution in [1.29, 1.82) is 0 Å². The summed E-state index contributed by atoms with van der Waals surface area (Å²) in [5.41, 5.74) is 2.53. The van der Waals surface area contributed by atoms with Crippen LogP contribution in [0.1, 0.15) is 28.8 Å². The summed E-state index contributed by atoms with van der Waals surface area (Å²) in [5, 5.41) is 0.705. The molecule has 0 N–H and O–H groups in total. The Balaban J connectivity index is 1.39. The molecule has 7 nitrogen and oxygen atoms in total. The van der Waals surface area contributed by atoms with Crippen LogP contribution in [0.2, 0.25) is 10.0 Å². The molecule has 0 radical (unpaired) electrons. The van der Waals surface area contributed by atoms with Gasteiger partial charge in [-0.1, -0.05) is 53.5 Å². The second-order valence-electron chi connectivity index (χ2n) is 9.96. The zero-order valence-corrected chi connectivity index (χ0v) is 24.9. The van der Waals surface area contributed by atoms with Crippen LogP contribution in [0.3, 0.4) is 0 Å². The molecule has 1 aromatic heterocycles. The van der Waals surface area contributed by atoms with E-state index in [0.29, 0.717) is 10.7 Å². The van der Waals surface area contributed by atoms with Crippen LogP contribution in [0.4, 0.5) is 11.4 Å². The molecule has 5 rings (SSSR count). The molecule has 41 heavy (non-hydrogen) atoms. The fraction of sp³-hybridized carbons (Fsp3) is 0.226. The zero-order chi connectivity index (χ0) is 29.0. The summed E-state index contributed by atoms with van der Waals surface area (Å²) in [5.74, 6) is -0.310. The highest BCUT2D eigenvalue weighted by Gasteiger charge is 2.30. The van der Waals surface area contributed by atoms with Crippen molar-refractivity contribution in [2.45, 2.75) is 30.3 Å². The third kappa shape index (κ3) is 6.50. The molecule has 0 spiro atoms. The average molecular weight is 610 g/mol. The van der Waals surface area contributed by atoms with Crippen LogP contribution in [0.25, 0.3) is 0 Å². The third-order valence-corrected chi connectivity index (χ3v) is 9.75. The normalized spacial score (nSPS) is 14.1. The average Bonchev–Trinajstić information content (AvgIpc) is 3.01. The standard InChI is InChI=1S/C31H30Cl2N4O3S/c1-35(25-15-19-36(20-16-25)26-13-17-34-18-14-26)31(38)29-21-28(11-12-30(29)33)41(39,40)37(22-23-5-3-2-4-6-23)27-9-7-24(32)8-10-27/h2-14,17-18,21,25H,15-16,19-20,22H2,1H3.